The molecule has 1 heterocycles. The topological polar surface area (TPSA) is 70.7 Å². The molecule has 2 aromatic carbocycles. The third-order valence-electron chi connectivity index (χ3n) is 3.27. The number of H-pyrrole nitrogens is 1. The lowest BCUT2D eigenvalue weighted by Crippen LogP contribution is -2.14. The summed E-state index contributed by atoms with van der Waals surface area (Å²) in [5, 5.41) is 10.2. The third-order valence-corrected chi connectivity index (χ3v) is 4.80. The zero-order valence-electron chi connectivity index (χ0n) is 13.4. The number of halogens is 2. The van der Waals surface area contributed by atoms with Gasteiger partial charge in [-0.1, -0.05) is 42.1 Å². The van der Waals surface area contributed by atoms with Gasteiger partial charge in [0.25, 0.3) is 0 Å². The summed E-state index contributed by atoms with van der Waals surface area (Å²) in [6.07, 6.45) is 3.54. The molecule has 0 radical (unpaired) electrons. The van der Waals surface area contributed by atoms with Crippen LogP contribution in [0.5, 0.6) is 0 Å². The number of aromatic amines is 1. The first kappa shape index (κ1) is 18.3. The monoisotopic (exact) mass is 432 g/mol. The van der Waals surface area contributed by atoms with Crippen LogP contribution in [-0.2, 0) is 4.79 Å². The number of thioether (sulfide) groups is 1. The van der Waals surface area contributed by atoms with Crippen molar-refractivity contribution < 1.29 is 9.18 Å². The van der Waals surface area contributed by atoms with Crippen molar-refractivity contribution in [1.82, 2.24) is 15.2 Å². The average Bonchev–Trinajstić information content (AvgIpc) is 3.09. The van der Waals surface area contributed by atoms with E-state index in [-0.39, 0.29) is 17.5 Å². The lowest BCUT2D eigenvalue weighted by Gasteiger charge is -2.05. The summed E-state index contributed by atoms with van der Waals surface area (Å²) in [7, 11) is 0. The largest absolute Gasteiger partial charge is 0.324 e. The van der Waals surface area contributed by atoms with Gasteiger partial charge in [-0.3, -0.25) is 9.89 Å². The van der Waals surface area contributed by atoms with Crippen molar-refractivity contribution in [2.45, 2.75) is 5.16 Å². The highest BCUT2D eigenvalue weighted by atomic mass is 79.9. The van der Waals surface area contributed by atoms with E-state index in [1.54, 1.807) is 24.3 Å². The number of amides is 1. The van der Waals surface area contributed by atoms with Crippen LogP contribution < -0.4 is 5.32 Å². The average molecular weight is 433 g/mol. The van der Waals surface area contributed by atoms with Crippen LogP contribution in [0.25, 0.3) is 12.2 Å². The van der Waals surface area contributed by atoms with Gasteiger partial charge in [0.2, 0.25) is 11.1 Å². The van der Waals surface area contributed by atoms with Crippen LogP contribution in [0.2, 0.25) is 0 Å². The molecule has 8 heteroatoms. The van der Waals surface area contributed by atoms with Crippen LogP contribution in [0, 0.1) is 5.82 Å². The molecule has 0 unspecified atom stereocenters. The third kappa shape index (κ3) is 5.27. The van der Waals surface area contributed by atoms with Crippen molar-refractivity contribution in [1.29, 1.82) is 0 Å². The number of anilines is 1. The molecule has 1 amide bonds. The fourth-order valence-electron chi connectivity index (χ4n) is 2.03. The molecule has 0 saturated carbocycles. The van der Waals surface area contributed by atoms with Crippen molar-refractivity contribution in [3.8, 4) is 0 Å². The second-order valence-electron chi connectivity index (χ2n) is 5.20. The number of benzene rings is 2. The second-order valence-corrected chi connectivity index (χ2v) is 7.00. The molecule has 3 aromatic rings. The van der Waals surface area contributed by atoms with E-state index in [4.69, 9.17) is 0 Å². The Morgan fingerprint density at radius 2 is 1.96 bits per heavy atom. The van der Waals surface area contributed by atoms with Gasteiger partial charge in [0, 0.05) is 4.47 Å². The maximum atomic E-state index is 12.9. The quantitative estimate of drug-likeness (QED) is 0.558. The minimum atomic E-state index is -0.277. The summed E-state index contributed by atoms with van der Waals surface area (Å²) in [6, 6.07) is 13.5. The minimum absolute atomic E-state index is 0.143. The molecule has 0 aliphatic rings. The Bertz CT molecular complexity index is 927. The van der Waals surface area contributed by atoms with Crippen molar-refractivity contribution >= 4 is 51.4 Å². The maximum absolute atomic E-state index is 12.9. The Kier molecular flexibility index (Phi) is 6.19. The van der Waals surface area contributed by atoms with Gasteiger partial charge >= 0.3 is 0 Å². The summed E-state index contributed by atoms with van der Waals surface area (Å²) in [6.45, 7) is 0. The van der Waals surface area contributed by atoms with Crippen molar-refractivity contribution in [3.05, 3.63) is 70.2 Å². The summed E-state index contributed by atoms with van der Waals surface area (Å²) < 4.78 is 13.7. The Balaban J connectivity index is 1.52. The molecule has 0 saturated heterocycles. The minimum Gasteiger partial charge on any atom is -0.324 e. The van der Waals surface area contributed by atoms with E-state index in [1.165, 1.54) is 23.9 Å². The van der Waals surface area contributed by atoms with E-state index in [0.29, 0.717) is 11.0 Å². The van der Waals surface area contributed by atoms with Crippen LogP contribution in [-0.4, -0.2) is 26.8 Å². The number of para-hydroxylation sites is 1. The van der Waals surface area contributed by atoms with E-state index < -0.39 is 0 Å². The molecule has 5 nitrogen and oxygen atoms in total. The molecular formula is C18H14BrFN4OS. The number of hydrogen-bond acceptors (Lipinski definition) is 4. The molecule has 0 aliphatic heterocycles. The molecule has 0 aliphatic carbocycles. The summed E-state index contributed by atoms with van der Waals surface area (Å²) >= 11 is 4.62. The predicted molar refractivity (Wildman–Crippen MR) is 105 cm³/mol. The second kappa shape index (κ2) is 8.77. The standard InChI is InChI=1S/C18H14BrFN4OS/c19-14-3-1-2-4-15(14)21-17(25)11-26-18-22-16(23-24-18)10-7-12-5-8-13(20)9-6-12/h1-10H,11H2,(H,21,25)(H,22,23,24)/b10-7+. The highest BCUT2D eigenvalue weighted by molar-refractivity contribution is 9.10. The first-order valence-electron chi connectivity index (χ1n) is 7.63. The Morgan fingerprint density at radius 1 is 1.19 bits per heavy atom. The number of rotatable bonds is 6. The maximum Gasteiger partial charge on any atom is 0.234 e. The molecule has 2 N–H and O–H groups in total. The SMILES string of the molecule is O=C(CSc1n[nH]c(/C=C/c2ccc(F)cc2)n1)Nc1ccccc1Br. The van der Waals surface area contributed by atoms with Gasteiger partial charge in [-0.25, -0.2) is 9.37 Å². The zero-order chi connectivity index (χ0) is 18.4. The number of nitrogens with zero attached hydrogens (tertiary/aromatic N) is 2. The molecule has 0 bridgehead atoms. The molecule has 3 rings (SSSR count). The van der Waals surface area contributed by atoms with Crippen molar-refractivity contribution in [2.75, 3.05) is 11.1 Å². The smallest absolute Gasteiger partial charge is 0.234 e. The number of nitrogens with one attached hydrogen (secondary N) is 2. The molecule has 0 atom stereocenters. The molecule has 0 spiro atoms. The zero-order valence-corrected chi connectivity index (χ0v) is 15.8. The normalized spacial score (nSPS) is 11.0. The summed E-state index contributed by atoms with van der Waals surface area (Å²) in [5.41, 5.74) is 1.57. The number of carbonyl (C=O) groups is 1. The Morgan fingerprint density at radius 3 is 2.73 bits per heavy atom. The van der Waals surface area contributed by atoms with Crippen molar-refractivity contribution in [2.24, 2.45) is 0 Å². The van der Waals surface area contributed by atoms with Gasteiger partial charge in [-0.05, 0) is 51.8 Å². The van der Waals surface area contributed by atoms with E-state index in [1.807, 2.05) is 24.3 Å². The van der Waals surface area contributed by atoms with E-state index in [0.717, 1.165) is 15.7 Å². The predicted octanol–water partition coefficient (Wildman–Crippen LogP) is 4.61. The number of hydrogen-bond donors (Lipinski definition) is 2. The van der Waals surface area contributed by atoms with E-state index in [9.17, 15) is 9.18 Å². The van der Waals surface area contributed by atoms with E-state index >= 15 is 0 Å². The van der Waals surface area contributed by atoms with Crippen LogP contribution in [0.3, 0.4) is 0 Å². The Labute approximate surface area is 162 Å². The lowest BCUT2D eigenvalue weighted by molar-refractivity contribution is -0.113. The van der Waals surface area contributed by atoms with Gasteiger partial charge in [-0.15, -0.1) is 5.10 Å². The summed E-state index contributed by atoms with van der Waals surface area (Å²) in [4.78, 5) is 16.3. The van der Waals surface area contributed by atoms with Gasteiger partial charge in [-0.2, -0.15) is 0 Å². The Hall–Kier alpha value is -2.45. The van der Waals surface area contributed by atoms with Gasteiger partial charge in [0.15, 0.2) is 0 Å². The van der Waals surface area contributed by atoms with E-state index in [2.05, 4.69) is 36.4 Å². The van der Waals surface area contributed by atoms with Crippen molar-refractivity contribution in [3.63, 3.8) is 0 Å². The van der Waals surface area contributed by atoms with Crippen LogP contribution >= 0.6 is 27.7 Å². The fraction of sp³-hybridized carbons (Fsp3) is 0.0556. The lowest BCUT2D eigenvalue weighted by atomic mass is 10.2. The molecular weight excluding hydrogens is 419 g/mol. The first-order valence-corrected chi connectivity index (χ1v) is 9.41. The first-order chi connectivity index (χ1) is 12.6. The van der Waals surface area contributed by atoms with Crippen LogP contribution in [0.4, 0.5) is 10.1 Å². The molecule has 132 valence electrons. The van der Waals surface area contributed by atoms with Crippen LogP contribution in [0.1, 0.15) is 11.4 Å². The number of aromatic nitrogens is 3. The molecule has 1 aromatic heterocycles. The fourth-order valence-corrected chi connectivity index (χ4v) is 3.01. The van der Waals surface area contributed by atoms with Gasteiger partial charge in [0.05, 0.1) is 11.4 Å². The highest BCUT2D eigenvalue weighted by Crippen LogP contribution is 2.22. The summed E-state index contributed by atoms with van der Waals surface area (Å²) in [5.74, 6) is 0.333. The number of carbonyl (C=O) groups excluding carboxylic acids is 1. The van der Waals surface area contributed by atoms with Crippen LogP contribution in [0.15, 0.2) is 58.2 Å². The highest BCUT2D eigenvalue weighted by Gasteiger charge is 2.08. The van der Waals surface area contributed by atoms with Gasteiger partial charge in [0.1, 0.15) is 11.6 Å². The van der Waals surface area contributed by atoms with Gasteiger partial charge < -0.3 is 5.32 Å². The molecule has 0 fully saturated rings. The molecule has 26 heavy (non-hydrogen) atoms.